The molecule has 0 spiro atoms. The van der Waals surface area contributed by atoms with Gasteiger partial charge in [0.2, 0.25) is 5.82 Å². The summed E-state index contributed by atoms with van der Waals surface area (Å²) in [6.07, 6.45) is -4.58. The minimum Gasteiger partial charge on any atom is -0.398 e. The summed E-state index contributed by atoms with van der Waals surface area (Å²) >= 11 is 0. The molecule has 0 aliphatic rings. The van der Waals surface area contributed by atoms with Crippen LogP contribution in [0.25, 0.3) is 22.3 Å². The van der Waals surface area contributed by atoms with Crippen molar-refractivity contribution in [2.24, 2.45) is 0 Å². The lowest BCUT2D eigenvalue weighted by molar-refractivity contribution is -0.137. The molecule has 0 aliphatic heterocycles. The molecule has 0 bridgehead atoms. The van der Waals surface area contributed by atoms with E-state index in [0.29, 0.717) is 16.5 Å². The Hall–Kier alpha value is -4.23. The highest BCUT2D eigenvalue weighted by atomic mass is 19.4. The van der Waals surface area contributed by atoms with Crippen LogP contribution in [-0.4, -0.2) is 22.5 Å². The van der Waals surface area contributed by atoms with Crippen LogP contribution < -0.4 is 15.7 Å². The van der Waals surface area contributed by atoms with Crippen molar-refractivity contribution < 1.29 is 17.6 Å². The van der Waals surface area contributed by atoms with Crippen molar-refractivity contribution in [1.82, 2.24) is 14.6 Å². The third-order valence-corrected chi connectivity index (χ3v) is 4.74. The van der Waals surface area contributed by atoms with E-state index in [-0.39, 0.29) is 28.7 Å². The Morgan fingerprint density at radius 2 is 1.69 bits per heavy atom. The molecule has 0 unspecified atom stereocenters. The lowest BCUT2D eigenvalue weighted by Crippen LogP contribution is -2.19. The summed E-state index contributed by atoms with van der Waals surface area (Å²) in [4.78, 5) is 8.69. The summed E-state index contributed by atoms with van der Waals surface area (Å²) in [6.45, 7) is 3.51. The number of alkyl halides is 3. The van der Waals surface area contributed by atoms with E-state index in [2.05, 4.69) is 26.7 Å². The molecular weight excluding hydrogens is 422 g/mol. The van der Waals surface area contributed by atoms with Crippen LogP contribution in [0.3, 0.4) is 0 Å². The molecular formula is C23H16F4N5+. The number of hydrogen-bond acceptors (Lipinski definition) is 3. The van der Waals surface area contributed by atoms with E-state index in [4.69, 9.17) is 5.73 Å². The average molecular weight is 438 g/mol. The van der Waals surface area contributed by atoms with E-state index >= 15 is 0 Å². The third kappa shape index (κ3) is 4.01. The van der Waals surface area contributed by atoms with Gasteiger partial charge in [-0.3, -0.25) is 0 Å². The van der Waals surface area contributed by atoms with Crippen LogP contribution >= 0.6 is 0 Å². The van der Waals surface area contributed by atoms with Crippen LogP contribution in [0.5, 0.6) is 0 Å². The second-order valence-electron chi connectivity index (χ2n) is 6.82. The topological polar surface area (TPSA) is 77.9 Å². The van der Waals surface area contributed by atoms with Crippen LogP contribution in [0.4, 0.5) is 29.1 Å². The van der Waals surface area contributed by atoms with Crippen LogP contribution in [0.15, 0.2) is 66.7 Å². The van der Waals surface area contributed by atoms with Gasteiger partial charge >= 0.3 is 12.0 Å². The van der Waals surface area contributed by atoms with Gasteiger partial charge in [0, 0.05) is 5.56 Å². The molecule has 0 radical (unpaired) electrons. The standard InChI is InChI=1S/C23H15F4N5/c1-29-20(15-11-10-13(24)12-18(15)28)31-22-16-7-3-5-9-19(16)30-21(32-22)14-6-2-4-8-17(14)23(25,26)27/h2-12H,1H2,(H2,28,30,31,32)/p+1. The number of nitrogens with zero attached hydrogens (tertiary/aromatic N) is 3. The van der Waals surface area contributed by atoms with E-state index in [1.54, 1.807) is 24.3 Å². The zero-order valence-corrected chi connectivity index (χ0v) is 16.5. The van der Waals surface area contributed by atoms with Crippen molar-refractivity contribution in [1.29, 1.82) is 0 Å². The van der Waals surface area contributed by atoms with Crippen LogP contribution in [0.2, 0.25) is 0 Å². The first-order chi connectivity index (χ1) is 15.3. The van der Waals surface area contributed by atoms with E-state index in [1.807, 2.05) is 0 Å². The normalized spacial score (nSPS) is 11.2. The van der Waals surface area contributed by atoms with E-state index in [0.717, 1.165) is 12.1 Å². The largest absolute Gasteiger partial charge is 0.417 e. The van der Waals surface area contributed by atoms with Gasteiger partial charge in [-0.1, -0.05) is 30.3 Å². The maximum atomic E-state index is 13.6. The number of anilines is 2. The number of halogens is 4. The molecule has 0 saturated carbocycles. The van der Waals surface area contributed by atoms with Crippen molar-refractivity contribution >= 4 is 35.0 Å². The number of aromatic nitrogens is 2. The highest BCUT2D eigenvalue weighted by molar-refractivity contribution is 6.13. The Morgan fingerprint density at radius 1 is 0.969 bits per heavy atom. The highest BCUT2D eigenvalue weighted by Gasteiger charge is 2.34. The van der Waals surface area contributed by atoms with Crippen molar-refractivity contribution in [3.8, 4) is 11.4 Å². The van der Waals surface area contributed by atoms with E-state index < -0.39 is 17.6 Å². The monoisotopic (exact) mass is 438 g/mol. The summed E-state index contributed by atoms with van der Waals surface area (Å²) in [5.41, 5.74) is 5.79. The molecule has 9 heteroatoms. The first kappa shape index (κ1) is 21.0. The lowest BCUT2D eigenvalue weighted by atomic mass is 10.1. The lowest BCUT2D eigenvalue weighted by Gasteiger charge is -2.13. The van der Waals surface area contributed by atoms with Gasteiger partial charge in [0.05, 0.1) is 22.2 Å². The number of nitrogen functional groups attached to an aromatic ring is 1. The van der Waals surface area contributed by atoms with Gasteiger partial charge in [-0.2, -0.15) is 18.2 Å². The van der Waals surface area contributed by atoms with E-state index in [1.165, 1.54) is 30.3 Å². The first-order valence-electron chi connectivity index (χ1n) is 9.37. The smallest absolute Gasteiger partial charge is 0.398 e. The number of benzene rings is 3. The van der Waals surface area contributed by atoms with Crippen LogP contribution in [0, 0.1) is 5.82 Å². The third-order valence-electron chi connectivity index (χ3n) is 4.74. The molecule has 1 aromatic heterocycles. The quantitative estimate of drug-likeness (QED) is 0.160. The fourth-order valence-electron chi connectivity index (χ4n) is 3.27. The van der Waals surface area contributed by atoms with Crippen LogP contribution in [0.1, 0.15) is 11.1 Å². The van der Waals surface area contributed by atoms with Gasteiger partial charge in [-0.15, -0.1) is 0 Å². The van der Waals surface area contributed by atoms with E-state index in [9.17, 15) is 17.6 Å². The summed E-state index contributed by atoms with van der Waals surface area (Å²) in [7, 11) is 0. The Balaban J connectivity index is 1.89. The molecule has 0 fully saturated rings. The number of nitrogens with two attached hydrogens (primary N) is 1. The molecule has 0 atom stereocenters. The zero-order chi connectivity index (χ0) is 22.9. The average Bonchev–Trinajstić information content (AvgIpc) is 2.77. The Bertz CT molecular complexity index is 1370. The van der Waals surface area contributed by atoms with Gasteiger partial charge in [-0.25, -0.2) is 19.4 Å². The molecule has 3 aromatic carbocycles. The van der Waals surface area contributed by atoms with Crippen LogP contribution in [-0.2, 0) is 6.18 Å². The highest BCUT2D eigenvalue weighted by Crippen LogP contribution is 2.37. The van der Waals surface area contributed by atoms with Crippen molar-refractivity contribution in [3.05, 3.63) is 83.7 Å². The molecule has 160 valence electrons. The van der Waals surface area contributed by atoms with Crippen molar-refractivity contribution in [2.45, 2.75) is 6.18 Å². The molecule has 0 saturated heterocycles. The first-order valence-corrected chi connectivity index (χ1v) is 9.37. The molecule has 3 N–H and O–H groups in total. The summed E-state index contributed by atoms with van der Waals surface area (Å²) in [6, 6.07) is 15.7. The second-order valence-corrected chi connectivity index (χ2v) is 6.82. The predicted octanol–water partition coefficient (Wildman–Crippen LogP) is 4.66. The molecule has 1 heterocycles. The molecule has 5 nitrogen and oxygen atoms in total. The molecule has 4 rings (SSSR count). The van der Waals surface area contributed by atoms with Gasteiger partial charge in [0.1, 0.15) is 11.4 Å². The summed E-state index contributed by atoms with van der Waals surface area (Å²) in [5.74, 6) is -0.266. The van der Waals surface area contributed by atoms with Gasteiger partial charge in [-0.05, 0) is 36.4 Å². The van der Waals surface area contributed by atoms with Gasteiger partial charge < -0.3 is 5.73 Å². The minimum absolute atomic E-state index is 0.112. The maximum absolute atomic E-state index is 13.6. The number of para-hydroxylation sites is 1. The number of hydrogen-bond donors (Lipinski definition) is 2. The molecule has 4 aromatic rings. The van der Waals surface area contributed by atoms with Gasteiger partial charge in [0.15, 0.2) is 12.5 Å². The Labute approximate surface area is 180 Å². The van der Waals surface area contributed by atoms with Gasteiger partial charge in [0.25, 0.3) is 0 Å². The Morgan fingerprint density at radius 3 is 2.41 bits per heavy atom. The molecule has 0 aliphatic carbocycles. The van der Waals surface area contributed by atoms with Crippen molar-refractivity contribution in [3.63, 3.8) is 0 Å². The summed E-state index contributed by atoms with van der Waals surface area (Å²) < 4.78 is 58.1. The molecule has 32 heavy (non-hydrogen) atoms. The number of nitrogens with one attached hydrogen (secondary N) is 1. The number of rotatable bonds is 3. The second kappa shape index (κ2) is 8.13. The fourth-order valence-corrected chi connectivity index (χ4v) is 3.27. The fraction of sp³-hybridized carbons (Fsp3) is 0.0435. The maximum Gasteiger partial charge on any atom is 0.417 e. The number of fused-ring (bicyclic) bond motifs is 1. The Kier molecular flexibility index (Phi) is 5.34. The zero-order valence-electron chi connectivity index (χ0n) is 16.5. The summed E-state index contributed by atoms with van der Waals surface area (Å²) in [5, 5.41) is 3.51. The number of amidine groups is 1. The van der Waals surface area contributed by atoms with Crippen molar-refractivity contribution in [2.75, 3.05) is 11.1 Å². The predicted molar refractivity (Wildman–Crippen MR) is 118 cm³/mol. The SMILES string of the molecule is C=[N+]=C(Nc1nc(-c2ccccc2C(F)(F)F)nc2ccccc12)c1ccc(F)cc1N. The minimum atomic E-state index is -4.58. The molecule has 0 amide bonds.